The predicted molar refractivity (Wildman–Crippen MR) is 88.7 cm³/mol. The predicted octanol–water partition coefficient (Wildman–Crippen LogP) is 3.13. The summed E-state index contributed by atoms with van der Waals surface area (Å²) in [6.07, 6.45) is 1.63. The second-order valence-corrected chi connectivity index (χ2v) is 6.18. The first kappa shape index (κ1) is 17.5. The first-order chi connectivity index (χ1) is 9.92. The Kier molecular flexibility index (Phi) is 7.23. The number of carbonyl (C=O) groups is 1. The lowest BCUT2D eigenvalue weighted by molar-refractivity contribution is -0.117. The molecule has 0 aliphatic heterocycles. The van der Waals surface area contributed by atoms with Crippen LogP contribution in [0.25, 0.3) is 0 Å². The van der Waals surface area contributed by atoms with Crippen LogP contribution in [0, 0.1) is 11.8 Å². The van der Waals surface area contributed by atoms with Gasteiger partial charge in [-0.25, -0.2) is 0 Å². The van der Waals surface area contributed by atoms with Crippen LogP contribution in [0.4, 0.5) is 11.4 Å². The van der Waals surface area contributed by atoms with E-state index >= 15 is 0 Å². The number of carbonyl (C=O) groups excluding carboxylic acids is 1. The van der Waals surface area contributed by atoms with Gasteiger partial charge in [0.15, 0.2) is 0 Å². The Morgan fingerprint density at radius 3 is 2.38 bits per heavy atom. The first-order valence-corrected chi connectivity index (χ1v) is 7.64. The van der Waals surface area contributed by atoms with Crippen molar-refractivity contribution in [3.63, 3.8) is 0 Å². The van der Waals surface area contributed by atoms with Gasteiger partial charge in [-0.15, -0.1) is 0 Å². The zero-order valence-electron chi connectivity index (χ0n) is 13.6. The SMILES string of the molecule is CC(C)CC(C)CC(=O)Nc1ccc(N(C)CCO)cc1. The average Bonchev–Trinajstić information content (AvgIpc) is 2.38. The maximum Gasteiger partial charge on any atom is 0.224 e. The Bertz CT molecular complexity index is 429. The maximum atomic E-state index is 12.0. The van der Waals surface area contributed by atoms with Crippen molar-refractivity contribution < 1.29 is 9.90 Å². The third kappa shape index (κ3) is 6.63. The zero-order chi connectivity index (χ0) is 15.8. The number of nitrogens with zero attached hydrogens (tertiary/aromatic N) is 1. The molecule has 21 heavy (non-hydrogen) atoms. The molecule has 0 radical (unpaired) electrons. The lowest BCUT2D eigenvalue weighted by Gasteiger charge is -2.18. The highest BCUT2D eigenvalue weighted by Gasteiger charge is 2.11. The number of hydrogen-bond donors (Lipinski definition) is 2. The van der Waals surface area contributed by atoms with Gasteiger partial charge in [0.05, 0.1) is 6.61 Å². The van der Waals surface area contributed by atoms with Crippen molar-refractivity contribution >= 4 is 17.3 Å². The summed E-state index contributed by atoms with van der Waals surface area (Å²) in [4.78, 5) is 13.9. The fourth-order valence-electron chi connectivity index (χ4n) is 2.49. The van der Waals surface area contributed by atoms with E-state index in [1.165, 1.54) is 0 Å². The van der Waals surface area contributed by atoms with Crippen molar-refractivity contribution in [2.75, 3.05) is 30.4 Å². The molecule has 0 fully saturated rings. The number of aliphatic hydroxyl groups is 1. The summed E-state index contributed by atoms with van der Waals surface area (Å²) in [6.45, 7) is 7.19. The highest BCUT2D eigenvalue weighted by Crippen LogP contribution is 2.18. The third-order valence-corrected chi connectivity index (χ3v) is 3.43. The monoisotopic (exact) mass is 292 g/mol. The van der Waals surface area contributed by atoms with E-state index in [1.54, 1.807) is 0 Å². The first-order valence-electron chi connectivity index (χ1n) is 7.64. The van der Waals surface area contributed by atoms with Gasteiger partial charge in [-0.1, -0.05) is 20.8 Å². The Morgan fingerprint density at radius 1 is 1.24 bits per heavy atom. The van der Waals surface area contributed by atoms with Gasteiger partial charge in [0.25, 0.3) is 0 Å². The van der Waals surface area contributed by atoms with Crippen LogP contribution in [-0.2, 0) is 4.79 Å². The van der Waals surface area contributed by atoms with E-state index in [9.17, 15) is 4.79 Å². The molecule has 0 aromatic heterocycles. The lowest BCUT2D eigenvalue weighted by atomic mass is 9.96. The third-order valence-electron chi connectivity index (χ3n) is 3.43. The standard InChI is InChI=1S/C17H28N2O2/c1-13(2)11-14(3)12-17(21)18-15-5-7-16(8-6-15)19(4)9-10-20/h5-8,13-14,20H,9-12H2,1-4H3,(H,18,21). The van der Waals surface area contributed by atoms with Crippen LogP contribution in [0.1, 0.15) is 33.6 Å². The molecular weight excluding hydrogens is 264 g/mol. The smallest absolute Gasteiger partial charge is 0.224 e. The number of rotatable bonds is 8. The summed E-state index contributed by atoms with van der Waals surface area (Å²) < 4.78 is 0. The van der Waals surface area contributed by atoms with Crippen LogP contribution in [-0.4, -0.2) is 31.2 Å². The molecule has 0 saturated heterocycles. The van der Waals surface area contributed by atoms with Crippen molar-refractivity contribution in [3.8, 4) is 0 Å². The van der Waals surface area contributed by atoms with Crippen LogP contribution in [0.15, 0.2) is 24.3 Å². The molecule has 1 rings (SSSR count). The molecule has 118 valence electrons. The largest absolute Gasteiger partial charge is 0.395 e. The number of likely N-dealkylation sites (N-methyl/N-ethyl adjacent to an activating group) is 1. The van der Waals surface area contributed by atoms with E-state index in [4.69, 9.17) is 5.11 Å². The highest BCUT2D eigenvalue weighted by molar-refractivity contribution is 5.91. The van der Waals surface area contributed by atoms with Crippen LogP contribution in [0.3, 0.4) is 0 Å². The minimum absolute atomic E-state index is 0.0691. The van der Waals surface area contributed by atoms with Crippen LogP contribution >= 0.6 is 0 Å². The van der Waals surface area contributed by atoms with Crippen molar-refractivity contribution in [2.45, 2.75) is 33.6 Å². The van der Waals surface area contributed by atoms with Gasteiger partial charge in [0.1, 0.15) is 0 Å². The Morgan fingerprint density at radius 2 is 1.86 bits per heavy atom. The normalized spacial score (nSPS) is 12.3. The quantitative estimate of drug-likeness (QED) is 0.774. The van der Waals surface area contributed by atoms with E-state index in [2.05, 4.69) is 26.1 Å². The van der Waals surface area contributed by atoms with E-state index in [0.717, 1.165) is 17.8 Å². The Labute approximate surface area is 128 Å². The van der Waals surface area contributed by atoms with Gasteiger partial charge >= 0.3 is 0 Å². The van der Waals surface area contributed by atoms with Gasteiger partial charge in [-0.2, -0.15) is 0 Å². The second-order valence-electron chi connectivity index (χ2n) is 6.18. The average molecular weight is 292 g/mol. The summed E-state index contributed by atoms with van der Waals surface area (Å²) in [7, 11) is 1.93. The van der Waals surface area contributed by atoms with Crippen LogP contribution in [0.2, 0.25) is 0 Å². The molecule has 0 spiro atoms. The minimum Gasteiger partial charge on any atom is -0.395 e. The second kappa shape index (κ2) is 8.67. The molecule has 1 unspecified atom stereocenters. The van der Waals surface area contributed by atoms with Gasteiger partial charge in [0, 0.05) is 31.4 Å². The van der Waals surface area contributed by atoms with Crippen molar-refractivity contribution in [1.82, 2.24) is 0 Å². The number of nitrogens with one attached hydrogen (secondary N) is 1. The molecule has 1 aromatic rings. The van der Waals surface area contributed by atoms with Crippen molar-refractivity contribution in [2.24, 2.45) is 11.8 Å². The van der Waals surface area contributed by atoms with Crippen LogP contribution in [0.5, 0.6) is 0 Å². The molecule has 2 N–H and O–H groups in total. The minimum atomic E-state index is 0.0691. The lowest BCUT2D eigenvalue weighted by Crippen LogP contribution is -2.21. The van der Waals surface area contributed by atoms with E-state index in [-0.39, 0.29) is 12.5 Å². The Balaban J connectivity index is 2.49. The van der Waals surface area contributed by atoms with E-state index < -0.39 is 0 Å². The summed E-state index contributed by atoms with van der Waals surface area (Å²) >= 11 is 0. The maximum absolute atomic E-state index is 12.0. The fourth-order valence-corrected chi connectivity index (χ4v) is 2.49. The van der Waals surface area contributed by atoms with Gasteiger partial charge in [-0.05, 0) is 42.5 Å². The molecule has 0 saturated carbocycles. The molecule has 0 aliphatic carbocycles. The number of anilines is 2. The van der Waals surface area contributed by atoms with Gasteiger partial charge in [0.2, 0.25) is 5.91 Å². The molecule has 0 heterocycles. The number of aliphatic hydroxyl groups excluding tert-OH is 1. The van der Waals surface area contributed by atoms with Gasteiger partial charge in [-0.3, -0.25) is 4.79 Å². The number of amides is 1. The topological polar surface area (TPSA) is 52.6 Å². The van der Waals surface area contributed by atoms with E-state index in [0.29, 0.717) is 24.8 Å². The summed E-state index contributed by atoms with van der Waals surface area (Å²) in [5, 5.41) is 11.9. The zero-order valence-corrected chi connectivity index (χ0v) is 13.6. The molecule has 1 amide bonds. The van der Waals surface area contributed by atoms with E-state index in [1.807, 2.05) is 36.2 Å². The molecule has 1 aromatic carbocycles. The van der Waals surface area contributed by atoms with Crippen molar-refractivity contribution in [1.29, 1.82) is 0 Å². The molecular formula is C17H28N2O2. The molecule has 4 heteroatoms. The Hall–Kier alpha value is -1.55. The fraction of sp³-hybridized carbons (Fsp3) is 0.588. The number of hydrogen-bond acceptors (Lipinski definition) is 3. The van der Waals surface area contributed by atoms with Crippen LogP contribution < -0.4 is 10.2 Å². The van der Waals surface area contributed by atoms with Crippen molar-refractivity contribution in [3.05, 3.63) is 24.3 Å². The molecule has 0 bridgehead atoms. The highest BCUT2D eigenvalue weighted by atomic mass is 16.3. The summed E-state index contributed by atoms with van der Waals surface area (Å²) in [5.74, 6) is 1.09. The van der Waals surface area contributed by atoms with Gasteiger partial charge < -0.3 is 15.3 Å². The molecule has 1 atom stereocenters. The summed E-state index contributed by atoms with van der Waals surface area (Å²) in [5.41, 5.74) is 1.84. The molecule has 4 nitrogen and oxygen atoms in total. The molecule has 0 aliphatic rings. The summed E-state index contributed by atoms with van der Waals surface area (Å²) in [6, 6.07) is 7.69. The number of benzene rings is 1.